The maximum absolute atomic E-state index is 7.26. The third kappa shape index (κ3) is 4.89. The molecular weight excluding hydrogens is 536 g/mol. The second kappa shape index (κ2) is 11.4. The van der Waals surface area contributed by atoms with Gasteiger partial charge in [0.25, 0.3) is 0 Å². The summed E-state index contributed by atoms with van der Waals surface area (Å²) in [7, 11) is 0. The quantitative estimate of drug-likeness (QED) is 0.182. The van der Waals surface area contributed by atoms with E-state index in [2.05, 4.69) is 113 Å². The van der Waals surface area contributed by atoms with Gasteiger partial charge in [0.2, 0.25) is 6.29 Å². The van der Waals surface area contributed by atoms with Crippen molar-refractivity contribution in [3.05, 3.63) is 102 Å². The van der Waals surface area contributed by atoms with Crippen LogP contribution in [-0.4, -0.2) is 12.4 Å². The van der Waals surface area contributed by atoms with Crippen molar-refractivity contribution in [2.24, 2.45) is 35.5 Å². The van der Waals surface area contributed by atoms with Gasteiger partial charge in [0.05, 0.1) is 12.0 Å². The van der Waals surface area contributed by atoms with E-state index >= 15 is 0 Å². The number of fused-ring (bicyclic) bond motifs is 9. The Hall–Kier alpha value is -3.10. The Morgan fingerprint density at radius 1 is 0.705 bits per heavy atom. The third-order valence-electron chi connectivity index (χ3n) is 11.9. The molecule has 2 nitrogen and oxygen atoms in total. The molecule has 4 aromatic rings. The lowest BCUT2D eigenvalue weighted by molar-refractivity contribution is -0.148. The average molecular weight is 585 g/mol. The molecule has 0 N–H and O–H groups in total. The highest BCUT2D eigenvalue weighted by Gasteiger charge is 2.55. The Morgan fingerprint density at radius 3 is 2.11 bits per heavy atom. The second-order valence-electron chi connectivity index (χ2n) is 15.2. The fraction of sp³-hybridized carbons (Fsp3) is 0.476. The van der Waals surface area contributed by atoms with E-state index in [1.54, 1.807) is 0 Å². The molecule has 7 unspecified atom stereocenters. The standard InChI is InChI=1S/C42H48O2/c1-25(2)20-38(26(3)4)29-17-16-28-22-31(19-18-27(28)21-29)43-42(44-40-24-30-23-39(40)33-15-9-14-32(30)33)41-36-12-7-5-10-34(36)35-11-6-8-13-37(35)41/h5-8,10-13,16-19,21-22,25-26,30,32-33,38-42H,9,14-15,20,23-24H2,1-4H3. The van der Waals surface area contributed by atoms with Crippen molar-refractivity contribution in [2.45, 2.75) is 90.4 Å². The van der Waals surface area contributed by atoms with Crippen molar-refractivity contribution in [3.8, 4) is 16.9 Å². The molecule has 0 saturated heterocycles. The van der Waals surface area contributed by atoms with Gasteiger partial charge in [-0.1, -0.05) is 107 Å². The summed E-state index contributed by atoms with van der Waals surface area (Å²) in [5.74, 6) is 6.21. The Balaban J connectivity index is 1.13. The number of benzene rings is 4. The van der Waals surface area contributed by atoms with Crippen molar-refractivity contribution in [1.82, 2.24) is 0 Å². The summed E-state index contributed by atoms with van der Waals surface area (Å²) < 4.78 is 14.3. The number of rotatable bonds is 9. The third-order valence-corrected chi connectivity index (χ3v) is 11.9. The van der Waals surface area contributed by atoms with Crippen LogP contribution < -0.4 is 4.74 Å². The smallest absolute Gasteiger partial charge is 0.211 e. The first kappa shape index (κ1) is 28.4. The first-order valence-corrected chi connectivity index (χ1v) is 17.5. The van der Waals surface area contributed by atoms with Gasteiger partial charge in [-0.05, 0) is 124 Å². The lowest BCUT2D eigenvalue weighted by Gasteiger charge is -2.36. The highest BCUT2D eigenvalue weighted by molar-refractivity contribution is 5.85. The summed E-state index contributed by atoms with van der Waals surface area (Å²) in [5.41, 5.74) is 6.76. The van der Waals surface area contributed by atoms with Crippen LogP contribution in [0.4, 0.5) is 0 Å². The van der Waals surface area contributed by atoms with Crippen LogP contribution >= 0.6 is 0 Å². The monoisotopic (exact) mass is 584 g/mol. The van der Waals surface area contributed by atoms with Crippen molar-refractivity contribution >= 4 is 10.8 Å². The summed E-state index contributed by atoms with van der Waals surface area (Å²) in [6.45, 7) is 9.39. The lowest BCUT2D eigenvalue weighted by Crippen LogP contribution is -2.38. The van der Waals surface area contributed by atoms with Crippen LogP contribution in [0.5, 0.6) is 5.75 Å². The summed E-state index contributed by atoms with van der Waals surface area (Å²) in [5, 5.41) is 2.52. The van der Waals surface area contributed by atoms with E-state index in [9.17, 15) is 0 Å². The van der Waals surface area contributed by atoms with Gasteiger partial charge in [-0.3, -0.25) is 0 Å². The number of ether oxygens (including phenoxy) is 2. The Morgan fingerprint density at radius 2 is 1.39 bits per heavy atom. The van der Waals surface area contributed by atoms with Gasteiger partial charge >= 0.3 is 0 Å². The molecule has 44 heavy (non-hydrogen) atoms. The Labute approximate surface area is 264 Å². The molecular formula is C42H48O2. The largest absolute Gasteiger partial charge is 0.464 e. The molecule has 8 rings (SSSR count). The van der Waals surface area contributed by atoms with Gasteiger partial charge < -0.3 is 9.47 Å². The molecule has 4 aliphatic carbocycles. The predicted octanol–water partition coefficient (Wildman–Crippen LogP) is 11.0. The van der Waals surface area contributed by atoms with Crippen LogP contribution in [0.3, 0.4) is 0 Å². The molecule has 0 spiro atoms. The summed E-state index contributed by atoms with van der Waals surface area (Å²) in [6, 6.07) is 31.5. The molecule has 228 valence electrons. The Kier molecular flexibility index (Phi) is 7.33. The maximum atomic E-state index is 7.26. The van der Waals surface area contributed by atoms with Crippen LogP contribution in [0.1, 0.15) is 94.7 Å². The van der Waals surface area contributed by atoms with Crippen LogP contribution in [0.2, 0.25) is 0 Å². The maximum Gasteiger partial charge on any atom is 0.211 e. The van der Waals surface area contributed by atoms with E-state index < -0.39 is 0 Å². The minimum atomic E-state index is -0.364. The summed E-state index contributed by atoms with van der Waals surface area (Å²) >= 11 is 0. The SMILES string of the molecule is CC(C)CC(c1ccc2cc(OC(OC3CC4CC3C3CCCC43)C3c4ccccc4-c4ccccc43)ccc2c1)C(C)C. The second-order valence-corrected chi connectivity index (χ2v) is 15.2. The molecule has 0 heterocycles. The van der Waals surface area contributed by atoms with Gasteiger partial charge in [0.15, 0.2) is 0 Å². The van der Waals surface area contributed by atoms with Crippen molar-refractivity contribution in [2.75, 3.05) is 0 Å². The highest BCUT2D eigenvalue weighted by Crippen LogP contribution is 2.60. The van der Waals surface area contributed by atoms with E-state index in [0.29, 0.717) is 29.8 Å². The molecule has 0 amide bonds. The fourth-order valence-corrected chi connectivity index (χ4v) is 9.98. The lowest BCUT2D eigenvalue weighted by atomic mass is 9.80. The molecule has 7 atom stereocenters. The van der Waals surface area contributed by atoms with Crippen molar-refractivity contribution in [3.63, 3.8) is 0 Å². The topological polar surface area (TPSA) is 18.5 Å². The molecule has 3 fully saturated rings. The highest BCUT2D eigenvalue weighted by atomic mass is 16.7. The molecule has 3 saturated carbocycles. The van der Waals surface area contributed by atoms with Gasteiger partial charge in [-0.25, -0.2) is 0 Å². The molecule has 0 aromatic heterocycles. The molecule has 2 heteroatoms. The van der Waals surface area contributed by atoms with Crippen molar-refractivity contribution in [1.29, 1.82) is 0 Å². The van der Waals surface area contributed by atoms with Crippen molar-refractivity contribution < 1.29 is 9.47 Å². The van der Waals surface area contributed by atoms with Crippen LogP contribution in [0.25, 0.3) is 21.9 Å². The molecule has 2 bridgehead atoms. The van der Waals surface area contributed by atoms with Crippen LogP contribution in [-0.2, 0) is 4.74 Å². The van der Waals surface area contributed by atoms with Gasteiger partial charge in [-0.15, -0.1) is 0 Å². The minimum absolute atomic E-state index is 0.0572. The number of hydrogen-bond donors (Lipinski definition) is 0. The van der Waals surface area contributed by atoms with Gasteiger partial charge in [0.1, 0.15) is 5.75 Å². The zero-order chi connectivity index (χ0) is 29.9. The summed E-state index contributed by atoms with van der Waals surface area (Å²) in [6.07, 6.45) is 7.96. The van der Waals surface area contributed by atoms with E-state index in [-0.39, 0.29) is 12.2 Å². The van der Waals surface area contributed by atoms with Crippen LogP contribution in [0, 0.1) is 35.5 Å². The minimum Gasteiger partial charge on any atom is -0.464 e. The van der Waals surface area contributed by atoms with E-state index in [1.165, 1.54) is 77.1 Å². The number of hydrogen-bond acceptors (Lipinski definition) is 2. The van der Waals surface area contributed by atoms with Gasteiger partial charge in [-0.2, -0.15) is 0 Å². The Bertz CT molecular complexity index is 1610. The average Bonchev–Trinajstić information content (AvgIpc) is 3.80. The zero-order valence-electron chi connectivity index (χ0n) is 26.9. The normalized spacial score (nSPS) is 26.7. The van der Waals surface area contributed by atoms with E-state index in [0.717, 1.165) is 23.5 Å². The predicted molar refractivity (Wildman–Crippen MR) is 181 cm³/mol. The first-order valence-electron chi connectivity index (χ1n) is 17.5. The molecule has 4 aromatic carbocycles. The molecule has 0 aliphatic heterocycles. The first-order chi connectivity index (χ1) is 21.4. The van der Waals surface area contributed by atoms with E-state index in [4.69, 9.17) is 9.47 Å². The fourth-order valence-electron chi connectivity index (χ4n) is 9.98. The van der Waals surface area contributed by atoms with E-state index in [1.807, 2.05) is 0 Å². The zero-order valence-corrected chi connectivity index (χ0v) is 26.9. The molecule has 0 radical (unpaired) electrons. The molecule has 4 aliphatic rings. The summed E-state index contributed by atoms with van der Waals surface area (Å²) in [4.78, 5) is 0. The van der Waals surface area contributed by atoms with Gasteiger partial charge in [0, 0.05) is 0 Å². The van der Waals surface area contributed by atoms with Crippen LogP contribution in [0.15, 0.2) is 84.9 Å².